The molecule has 0 amide bonds. The largest absolute Gasteiger partial charge is 0.480 e. The monoisotopic (exact) mass is 338 g/mol. The van der Waals surface area contributed by atoms with Crippen LogP contribution in [0.5, 0.6) is 0 Å². The first-order valence-electron chi connectivity index (χ1n) is 7.79. The number of nitriles is 1. The van der Waals surface area contributed by atoms with E-state index in [1.807, 2.05) is 36.6 Å². The van der Waals surface area contributed by atoms with Gasteiger partial charge in [0.2, 0.25) is 0 Å². The summed E-state index contributed by atoms with van der Waals surface area (Å²) in [6.45, 7) is 1.95. The van der Waals surface area contributed by atoms with E-state index in [0.29, 0.717) is 12.0 Å². The molecular weight excluding hydrogens is 320 g/mol. The van der Waals surface area contributed by atoms with Crippen molar-refractivity contribution in [2.24, 2.45) is 0 Å². The molecule has 1 aliphatic rings. The molecule has 5 heteroatoms. The summed E-state index contributed by atoms with van der Waals surface area (Å²) in [7, 11) is 1.76. The third-order valence-electron chi connectivity index (χ3n) is 4.61. The van der Waals surface area contributed by atoms with Gasteiger partial charge in [0.05, 0.1) is 17.6 Å². The Morgan fingerprint density at radius 2 is 2.00 bits per heavy atom. The summed E-state index contributed by atoms with van der Waals surface area (Å²) in [4.78, 5) is 13.5. The van der Waals surface area contributed by atoms with Crippen LogP contribution in [0.1, 0.15) is 24.8 Å². The number of aliphatic carboxylic acids is 1. The Kier molecular flexibility index (Phi) is 4.41. The summed E-state index contributed by atoms with van der Waals surface area (Å²) >= 11 is 1.64. The van der Waals surface area contributed by atoms with E-state index in [-0.39, 0.29) is 0 Å². The lowest BCUT2D eigenvalue weighted by Crippen LogP contribution is -2.37. The number of benzene rings is 1. The maximum Gasteiger partial charge on any atom is 0.327 e. The Hall–Kier alpha value is -2.58. The van der Waals surface area contributed by atoms with Gasteiger partial charge >= 0.3 is 5.97 Å². The van der Waals surface area contributed by atoms with E-state index in [9.17, 15) is 15.2 Å². The Labute approximate surface area is 145 Å². The van der Waals surface area contributed by atoms with Crippen molar-refractivity contribution < 1.29 is 9.90 Å². The van der Waals surface area contributed by atoms with Crippen molar-refractivity contribution in [3.8, 4) is 17.2 Å². The van der Waals surface area contributed by atoms with E-state index in [4.69, 9.17) is 0 Å². The first kappa shape index (κ1) is 16.3. The number of thiophene rings is 1. The number of carboxylic acids is 1. The molecule has 1 N–H and O–H groups in total. The van der Waals surface area contributed by atoms with Gasteiger partial charge in [-0.15, -0.1) is 0 Å². The number of likely N-dealkylation sites (N-methyl/N-ethyl adjacent to an activating group) is 1. The third-order valence-corrected chi connectivity index (χ3v) is 5.30. The molecule has 4 nitrogen and oxygen atoms in total. The van der Waals surface area contributed by atoms with Gasteiger partial charge in [0.15, 0.2) is 0 Å². The zero-order valence-corrected chi connectivity index (χ0v) is 14.4. The van der Waals surface area contributed by atoms with Crippen molar-refractivity contribution in [3.63, 3.8) is 0 Å². The van der Waals surface area contributed by atoms with E-state index in [0.717, 1.165) is 22.4 Å². The molecule has 1 aromatic heterocycles. The zero-order valence-electron chi connectivity index (χ0n) is 13.6. The Morgan fingerprint density at radius 1 is 1.29 bits per heavy atom. The minimum Gasteiger partial charge on any atom is -0.480 e. The van der Waals surface area contributed by atoms with Crippen LogP contribution in [-0.4, -0.2) is 29.1 Å². The molecule has 3 rings (SSSR count). The number of nitrogens with zero attached hydrogens (tertiary/aromatic N) is 2. The molecule has 0 saturated heterocycles. The lowest BCUT2D eigenvalue weighted by Gasteiger charge is -2.25. The second kappa shape index (κ2) is 6.50. The second-order valence-corrected chi connectivity index (χ2v) is 6.61. The minimum atomic E-state index is -0.902. The van der Waals surface area contributed by atoms with Crippen molar-refractivity contribution in [2.45, 2.75) is 25.3 Å². The number of hydrogen-bond donors (Lipinski definition) is 1. The smallest absolute Gasteiger partial charge is 0.327 e. The normalized spacial score (nSPS) is 20.3. The summed E-state index contributed by atoms with van der Waals surface area (Å²) in [5, 5.41) is 23.4. The highest BCUT2D eigenvalue weighted by Crippen LogP contribution is 2.41. The van der Waals surface area contributed by atoms with Gasteiger partial charge in [-0.2, -0.15) is 16.6 Å². The Morgan fingerprint density at radius 3 is 2.50 bits per heavy atom. The van der Waals surface area contributed by atoms with Crippen molar-refractivity contribution >= 4 is 17.3 Å². The van der Waals surface area contributed by atoms with Crippen LogP contribution in [0.4, 0.5) is 0 Å². The molecule has 0 fully saturated rings. The highest BCUT2D eigenvalue weighted by Gasteiger charge is 2.43. The maximum atomic E-state index is 11.8. The van der Waals surface area contributed by atoms with Crippen molar-refractivity contribution in [2.75, 3.05) is 7.05 Å². The van der Waals surface area contributed by atoms with Gasteiger partial charge in [-0.05, 0) is 39.9 Å². The fourth-order valence-electron chi connectivity index (χ4n) is 3.46. The van der Waals surface area contributed by atoms with Crippen molar-refractivity contribution in [3.05, 3.63) is 57.9 Å². The molecule has 0 bridgehead atoms. The number of carbonyl (C=O) groups is 1. The average molecular weight is 338 g/mol. The number of rotatable bonds is 4. The molecule has 2 unspecified atom stereocenters. The van der Waals surface area contributed by atoms with Crippen LogP contribution in [0, 0.1) is 11.3 Å². The molecular formula is C19H18N2O2S. The van der Waals surface area contributed by atoms with E-state index in [2.05, 4.69) is 17.5 Å². The molecule has 1 aromatic carbocycles. The Balaban J connectivity index is 2.03. The molecule has 1 aliphatic heterocycles. The minimum absolute atomic E-state index is 0.427. The van der Waals surface area contributed by atoms with Crippen LogP contribution >= 0.6 is 11.3 Å². The number of allylic oxidation sites excluding steroid dienone is 1. The van der Waals surface area contributed by atoms with Gasteiger partial charge in [0, 0.05) is 12.7 Å². The second-order valence-electron chi connectivity index (χ2n) is 5.83. The maximum absolute atomic E-state index is 11.8. The van der Waals surface area contributed by atoms with Crippen LogP contribution in [-0.2, 0) is 4.79 Å². The summed E-state index contributed by atoms with van der Waals surface area (Å²) in [6.07, 6.45) is 0.645. The van der Waals surface area contributed by atoms with Crippen LogP contribution in [0.25, 0.3) is 11.1 Å². The fraction of sp³-hybridized carbons (Fsp3) is 0.263. The van der Waals surface area contributed by atoms with Gasteiger partial charge in [-0.1, -0.05) is 31.2 Å². The van der Waals surface area contributed by atoms with Gasteiger partial charge < -0.3 is 10.0 Å². The molecule has 2 aromatic rings. The van der Waals surface area contributed by atoms with E-state index < -0.39 is 17.9 Å². The summed E-state index contributed by atoms with van der Waals surface area (Å²) in [5.41, 5.74) is 4.49. The number of carboxylic acid groups (broad SMARTS) is 1. The highest BCUT2D eigenvalue weighted by atomic mass is 32.1. The highest BCUT2D eigenvalue weighted by molar-refractivity contribution is 7.08. The molecule has 2 heterocycles. The number of hydrogen-bond acceptors (Lipinski definition) is 4. The van der Waals surface area contributed by atoms with Crippen molar-refractivity contribution in [1.82, 2.24) is 4.90 Å². The van der Waals surface area contributed by atoms with Crippen LogP contribution in [0.15, 0.2) is 52.4 Å². The lowest BCUT2D eigenvalue weighted by atomic mass is 9.86. The molecule has 0 aliphatic carbocycles. The molecule has 2 atom stereocenters. The van der Waals surface area contributed by atoms with E-state index in [1.165, 1.54) is 0 Å². The first-order valence-corrected chi connectivity index (χ1v) is 8.74. The molecule has 0 saturated carbocycles. The predicted molar refractivity (Wildman–Crippen MR) is 94.6 cm³/mol. The quantitative estimate of drug-likeness (QED) is 0.912. The lowest BCUT2D eigenvalue weighted by molar-refractivity contribution is -0.142. The summed E-state index contributed by atoms with van der Waals surface area (Å²) in [5.74, 6) is -1.33. The van der Waals surface area contributed by atoms with Crippen molar-refractivity contribution in [1.29, 1.82) is 5.26 Å². The zero-order chi connectivity index (χ0) is 17.3. The van der Waals surface area contributed by atoms with E-state index >= 15 is 0 Å². The Bertz CT molecular complexity index is 816. The summed E-state index contributed by atoms with van der Waals surface area (Å²) < 4.78 is 0. The van der Waals surface area contributed by atoms with Gasteiger partial charge in [0.1, 0.15) is 6.04 Å². The van der Waals surface area contributed by atoms with Crippen LogP contribution in [0.2, 0.25) is 0 Å². The molecule has 0 spiro atoms. The fourth-order valence-corrected chi connectivity index (χ4v) is 4.13. The third kappa shape index (κ3) is 2.59. The van der Waals surface area contributed by atoms with Gasteiger partial charge in [0.25, 0.3) is 0 Å². The molecule has 122 valence electrons. The molecule has 0 radical (unpaired) electrons. The topological polar surface area (TPSA) is 64.3 Å². The van der Waals surface area contributed by atoms with Gasteiger partial charge in [-0.25, -0.2) is 4.79 Å². The van der Waals surface area contributed by atoms with Crippen LogP contribution < -0.4 is 0 Å². The SMILES string of the molecule is CCC1=C(C#N)C(c2ccc(-c3ccsc3)cc2)C(C(=O)O)N1C. The van der Waals surface area contributed by atoms with Gasteiger partial charge in [-0.3, -0.25) is 0 Å². The summed E-state index contributed by atoms with van der Waals surface area (Å²) in [6, 6.07) is 11.4. The predicted octanol–water partition coefficient (Wildman–Crippen LogP) is 4.08. The average Bonchev–Trinajstić information content (AvgIpc) is 3.20. The van der Waals surface area contributed by atoms with E-state index in [1.54, 1.807) is 23.3 Å². The first-order chi connectivity index (χ1) is 11.6. The standard InChI is InChI=1S/C19H18N2O2S/c1-3-16-15(10-20)17(18(19(22)23)21(16)2)13-6-4-12(5-7-13)14-8-9-24-11-14/h4-9,11,17-18H,3H2,1-2H3,(H,22,23). The molecule has 24 heavy (non-hydrogen) atoms. The van der Waals surface area contributed by atoms with Crippen LogP contribution in [0.3, 0.4) is 0 Å².